The number of hydrogen-bond acceptors (Lipinski definition) is 2. The highest BCUT2D eigenvalue weighted by Crippen LogP contribution is 2.28. The van der Waals surface area contributed by atoms with E-state index in [9.17, 15) is 0 Å². The first-order chi connectivity index (χ1) is 7.40. The van der Waals surface area contributed by atoms with E-state index in [1.807, 2.05) is 0 Å². The third-order valence-corrected chi connectivity index (χ3v) is 4.04. The number of hydrogen-bond donors (Lipinski definition) is 0. The second-order valence-corrected chi connectivity index (χ2v) is 5.08. The minimum Gasteiger partial charge on any atom is -0.300 e. The largest absolute Gasteiger partial charge is 0.300 e. The molecule has 0 N–H and O–H groups in total. The van der Waals surface area contributed by atoms with Gasteiger partial charge in [-0.2, -0.15) is 5.26 Å². The molecule has 2 rings (SSSR count). The maximum Gasteiger partial charge on any atom is 0.0655 e. The number of nitrogens with zero attached hydrogens (tertiary/aromatic N) is 2. The molecule has 84 valence electrons. The van der Waals surface area contributed by atoms with Gasteiger partial charge in [0, 0.05) is 12.0 Å². The average molecular weight is 206 g/mol. The van der Waals surface area contributed by atoms with Gasteiger partial charge in [0.05, 0.1) is 6.07 Å². The molecular formula is C13H22N2. The fraction of sp³-hybridized carbons (Fsp3) is 0.923. The van der Waals surface area contributed by atoms with Gasteiger partial charge in [-0.25, -0.2) is 0 Å². The summed E-state index contributed by atoms with van der Waals surface area (Å²) >= 11 is 0. The number of rotatable bonds is 1. The van der Waals surface area contributed by atoms with E-state index in [1.54, 1.807) is 0 Å². The van der Waals surface area contributed by atoms with Gasteiger partial charge in [0.15, 0.2) is 0 Å². The van der Waals surface area contributed by atoms with Gasteiger partial charge in [0.25, 0.3) is 0 Å². The molecule has 0 amide bonds. The summed E-state index contributed by atoms with van der Waals surface area (Å²) in [6.45, 7) is 2.61. The van der Waals surface area contributed by atoms with Crippen molar-refractivity contribution in [2.45, 2.75) is 57.4 Å². The smallest absolute Gasteiger partial charge is 0.0655 e. The van der Waals surface area contributed by atoms with E-state index in [4.69, 9.17) is 5.26 Å². The van der Waals surface area contributed by atoms with Crippen molar-refractivity contribution in [1.29, 1.82) is 5.26 Å². The molecule has 2 aliphatic rings. The first kappa shape index (κ1) is 11.0. The summed E-state index contributed by atoms with van der Waals surface area (Å²) in [5, 5.41) is 8.87. The summed E-state index contributed by atoms with van der Waals surface area (Å²) in [5.74, 6) is 0.355. The zero-order valence-electron chi connectivity index (χ0n) is 9.62. The molecule has 1 saturated carbocycles. The van der Waals surface area contributed by atoms with E-state index in [-0.39, 0.29) is 0 Å². The molecule has 0 aromatic carbocycles. The van der Waals surface area contributed by atoms with Crippen LogP contribution in [-0.2, 0) is 0 Å². The lowest BCUT2D eigenvalue weighted by Gasteiger charge is -2.34. The van der Waals surface area contributed by atoms with Crippen LogP contribution in [0.2, 0.25) is 0 Å². The van der Waals surface area contributed by atoms with Gasteiger partial charge >= 0.3 is 0 Å². The molecule has 2 nitrogen and oxygen atoms in total. The lowest BCUT2D eigenvalue weighted by Crippen LogP contribution is -2.38. The zero-order chi connectivity index (χ0) is 10.5. The summed E-state index contributed by atoms with van der Waals surface area (Å²) in [6, 6.07) is 3.22. The molecule has 0 bridgehead atoms. The molecule has 2 heteroatoms. The molecule has 0 unspecified atom stereocenters. The normalized spacial score (nSPS) is 34.3. The molecule has 2 fully saturated rings. The molecular weight excluding hydrogens is 184 g/mol. The van der Waals surface area contributed by atoms with Gasteiger partial charge in [-0.1, -0.05) is 12.8 Å². The zero-order valence-corrected chi connectivity index (χ0v) is 9.62. The molecule has 1 aliphatic carbocycles. The molecule has 1 aliphatic heterocycles. The van der Waals surface area contributed by atoms with Crippen molar-refractivity contribution in [3.63, 3.8) is 0 Å². The third kappa shape index (κ3) is 2.95. The highest BCUT2D eigenvalue weighted by atomic mass is 15.2. The lowest BCUT2D eigenvalue weighted by molar-refractivity contribution is 0.151. The van der Waals surface area contributed by atoms with Gasteiger partial charge in [-0.05, 0) is 51.6 Å². The topological polar surface area (TPSA) is 27.0 Å². The van der Waals surface area contributed by atoms with Crippen molar-refractivity contribution in [2.24, 2.45) is 5.92 Å². The molecule has 0 aromatic heterocycles. The van der Waals surface area contributed by atoms with E-state index in [0.29, 0.717) is 5.92 Å². The second-order valence-electron chi connectivity index (χ2n) is 5.08. The lowest BCUT2D eigenvalue weighted by atomic mass is 9.86. The van der Waals surface area contributed by atoms with E-state index in [2.05, 4.69) is 11.0 Å². The van der Waals surface area contributed by atoms with Gasteiger partial charge < -0.3 is 4.90 Å². The Morgan fingerprint density at radius 1 is 0.867 bits per heavy atom. The Bertz CT molecular complexity index is 215. The number of likely N-dealkylation sites (tertiary alicyclic amines) is 1. The van der Waals surface area contributed by atoms with Crippen molar-refractivity contribution in [1.82, 2.24) is 4.90 Å². The van der Waals surface area contributed by atoms with Crippen LogP contribution in [0.15, 0.2) is 0 Å². The Hall–Kier alpha value is -0.550. The quantitative estimate of drug-likeness (QED) is 0.659. The van der Waals surface area contributed by atoms with Crippen LogP contribution in [0.25, 0.3) is 0 Å². The Balaban J connectivity index is 1.81. The van der Waals surface area contributed by atoms with Gasteiger partial charge in [-0.3, -0.25) is 0 Å². The summed E-state index contributed by atoms with van der Waals surface area (Å²) in [7, 11) is 0. The first-order valence-electron chi connectivity index (χ1n) is 6.54. The summed E-state index contributed by atoms with van der Waals surface area (Å²) in [4.78, 5) is 2.70. The fourth-order valence-electron chi connectivity index (χ4n) is 3.03. The molecule has 15 heavy (non-hydrogen) atoms. The van der Waals surface area contributed by atoms with Crippen molar-refractivity contribution in [3.05, 3.63) is 0 Å². The monoisotopic (exact) mass is 206 g/mol. The van der Waals surface area contributed by atoms with E-state index in [1.165, 1.54) is 51.6 Å². The molecule has 0 aromatic rings. The Morgan fingerprint density at radius 2 is 1.47 bits per heavy atom. The fourth-order valence-corrected chi connectivity index (χ4v) is 3.03. The second kappa shape index (κ2) is 5.51. The minimum absolute atomic E-state index is 0.355. The average Bonchev–Trinajstić information content (AvgIpc) is 2.58. The van der Waals surface area contributed by atoms with Crippen LogP contribution in [0.5, 0.6) is 0 Å². The van der Waals surface area contributed by atoms with E-state index < -0.39 is 0 Å². The van der Waals surface area contributed by atoms with Crippen LogP contribution < -0.4 is 0 Å². The van der Waals surface area contributed by atoms with Crippen LogP contribution in [0.3, 0.4) is 0 Å². The maximum atomic E-state index is 8.87. The molecule has 0 spiro atoms. The van der Waals surface area contributed by atoms with Crippen molar-refractivity contribution in [2.75, 3.05) is 13.1 Å². The van der Waals surface area contributed by atoms with E-state index in [0.717, 1.165) is 18.9 Å². The van der Waals surface area contributed by atoms with Crippen LogP contribution in [0.1, 0.15) is 51.4 Å². The Kier molecular flexibility index (Phi) is 4.02. The van der Waals surface area contributed by atoms with Crippen molar-refractivity contribution >= 4 is 0 Å². The minimum atomic E-state index is 0.355. The molecule has 1 heterocycles. The molecule has 1 saturated heterocycles. The predicted molar refractivity (Wildman–Crippen MR) is 61.4 cm³/mol. The predicted octanol–water partition coefficient (Wildman–Crippen LogP) is 2.94. The highest BCUT2D eigenvalue weighted by molar-refractivity contribution is 4.90. The summed E-state index contributed by atoms with van der Waals surface area (Å²) in [6.07, 6.45) is 10.4. The first-order valence-corrected chi connectivity index (χ1v) is 6.54. The number of nitriles is 1. The summed E-state index contributed by atoms with van der Waals surface area (Å²) in [5.41, 5.74) is 0. The van der Waals surface area contributed by atoms with Gasteiger partial charge in [0.2, 0.25) is 0 Å². The van der Waals surface area contributed by atoms with E-state index >= 15 is 0 Å². The Morgan fingerprint density at radius 3 is 2.00 bits per heavy atom. The molecule has 0 radical (unpaired) electrons. The van der Waals surface area contributed by atoms with Gasteiger partial charge in [-0.15, -0.1) is 0 Å². The van der Waals surface area contributed by atoms with Crippen LogP contribution in [-0.4, -0.2) is 24.0 Å². The van der Waals surface area contributed by atoms with Crippen LogP contribution >= 0.6 is 0 Å². The SMILES string of the molecule is N#CC1CCC(N2CCCCCC2)CC1. The Labute approximate surface area is 93.3 Å². The third-order valence-electron chi connectivity index (χ3n) is 4.04. The summed E-state index contributed by atoms with van der Waals surface area (Å²) < 4.78 is 0. The maximum absolute atomic E-state index is 8.87. The highest BCUT2D eigenvalue weighted by Gasteiger charge is 2.25. The standard InChI is InChI=1S/C13H22N2/c14-11-12-5-7-13(8-6-12)15-9-3-1-2-4-10-15/h12-13H,1-10H2. The van der Waals surface area contributed by atoms with Crippen molar-refractivity contribution < 1.29 is 0 Å². The van der Waals surface area contributed by atoms with Crippen LogP contribution in [0, 0.1) is 17.2 Å². The van der Waals surface area contributed by atoms with Crippen molar-refractivity contribution in [3.8, 4) is 6.07 Å². The van der Waals surface area contributed by atoms with Crippen LogP contribution in [0.4, 0.5) is 0 Å². The van der Waals surface area contributed by atoms with Gasteiger partial charge in [0.1, 0.15) is 0 Å². The molecule has 0 atom stereocenters.